The molecule has 0 saturated carbocycles. The molecule has 3 aromatic rings. The van der Waals surface area contributed by atoms with Gasteiger partial charge >= 0.3 is 0 Å². The van der Waals surface area contributed by atoms with Crippen LogP contribution >= 0.6 is 0 Å². The van der Waals surface area contributed by atoms with Crippen molar-refractivity contribution in [3.05, 3.63) is 59.0 Å². The molecule has 0 bridgehead atoms. The highest BCUT2D eigenvalue weighted by Crippen LogP contribution is 2.34. The van der Waals surface area contributed by atoms with E-state index in [9.17, 15) is 0 Å². The normalized spacial score (nSPS) is 13.9. The minimum atomic E-state index is 0.617. The third kappa shape index (κ3) is 4.43. The van der Waals surface area contributed by atoms with Gasteiger partial charge in [0.05, 0.1) is 19.8 Å². The van der Waals surface area contributed by atoms with E-state index in [0.29, 0.717) is 31.5 Å². The van der Waals surface area contributed by atoms with Gasteiger partial charge in [-0.05, 0) is 50.5 Å². The van der Waals surface area contributed by atoms with Crippen LogP contribution in [0.15, 0.2) is 40.9 Å². The van der Waals surface area contributed by atoms with Gasteiger partial charge in [0, 0.05) is 18.7 Å². The zero-order chi connectivity index (χ0) is 20.2. The molecule has 2 aromatic carbocycles. The molecule has 0 radical (unpaired) electrons. The molecule has 4 rings (SSSR count). The van der Waals surface area contributed by atoms with E-state index in [2.05, 4.69) is 46.2 Å². The predicted molar refractivity (Wildman–Crippen MR) is 111 cm³/mol. The van der Waals surface area contributed by atoms with Crippen LogP contribution in [0.25, 0.3) is 11.4 Å². The number of ether oxygens (including phenoxy) is 2. The van der Waals surface area contributed by atoms with E-state index in [1.807, 2.05) is 26.0 Å². The first-order valence-electron chi connectivity index (χ1n) is 10.2. The number of hydrogen-bond donors (Lipinski definition) is 0. The van der Waals surface area contributed by atoms with Crippen molar-refractivity contribution in [2.24, 2.45) is 0 Å². The van der Waals surface area contributed by atoms with Crippen molar-refractivity contribution in [2.75, 3.05) is 19.8 Å². The zero-order valence-corrected chi connectivity index (χ0v) is 17.3. The number of nitrogens with zero attached hydrogens (tertiary/aromatic N) is 3. The highest BCUT2D eigenvalue weighted by Gasteiger charge is 2.21. The van der Waals surface area contributed by atoms with E-state index < -0.39 is 0 Å². The van der Waals surface area contributed by atoms with Gasteiger partial charge in [-0.15, -0.1) is 0 Å². The second-order valence-electron chi connectivity index (χ2n) is 7.27. The summed E-state index contributed by atoms with van der Waals surface area (Å²) in [6, 6.07) is 12.4. The van der Waals surface area contributed by atoms with Crippen molar-refractivity contribution in [3.63, 3.8) is 0 Å². The topological polar surface area (TPSA) is 60.6 Å². The Hall–Kier alpha value is -2.86. The molecule has 152 valence electrons. The van der Waals surface area contributed by atoms with E-state index in [0.717, 1.165) is 36.6 Å². The van der Waals surface area contributed by atoms with Crippen LogP contribution in [0.2, 0.25) is 0 Å². The number of aromatic nitrogens is 2. The molecule has 0 aliphatic carbocycles. The molecular weight excluding hydrogens is 366 g/mol. The summed E-state index contributed by atoms with van der Waals surface area (Å²) in [6.45, 7) is 9.69. The molecule has 6 nitrogen and oxygen atoms in total. The summed E-state index contributed by atoms with van der Waals surface area (Å²) in [7, 11) is 0. The highest BCUT2D eigenvalue weighted by atomic mass is 16.5. The van der Waals surface area contributed by atoms with Crippen molar-refractivity contribution in [1.82, 2.24) is 15.0 Å². The van der Waals surface area contributed by atoms with Gasteiger partial charge in [0.25, 0.3) is 0 Å². The standard InChI is InChI=1S/C23H27N3O3/c1-4-27-20-12-18-10-11-26(14-19(18)13-21(20)28-5-2)15-22-24-23(25-29-22)17-8-6-16(3)7-9-17/h6-9,12-13H,4-5,10-11,14-15H2,1-3H3. The fourth-order valence-electron chi connectivity index (χ4n) is 3.62. The smallest absolute Gasteiger partial charge is 0.241 e. The molecule has 0 fully saturated rings. The number of fused-ring (bicyclic) bond motifs is 1. The number of aryl methyl sites for hydroxylation is 1. The second kappa shape index (κ2) is 8.66. The molecule has 0 atom stereocenters. The first-order chi connectivity index (χ1) is 14.2. The Labute approximate surface area is 171 Å². The van der Waals surface area contributed by atoms with Crippen molar-refractivity contribution in [3.8, 4) is 22.9 Å². The SMILES string of the molecule is CCOc1cc2c(cc1OCC)CN(Cc1nc(-c3ccc(C)cc3)no1)CC2. The summed E-state index contributed by atoms with van der Waals surface area (Å²) < 4.78 is 17.0. The van der Waals surface area contributed by atoms with E-state index in [1.54, 1.807) is 0 Å². The van der Waals surface area contributed by atoms with Gasteiger partial charge in [0.1, 0.15) is 0 Å². The Morgan fingerprint density at radius 3 is 2.38 bits per heavy atom. The average Bonchev–Trinajstić information content (AvgIpc) is 3.18. The van der Waals surface area contributed by atoms with Crippen LogP contribution in [0.5, 0.6) is 11.5 Å². The molecule has 1 aromatic heterocycles. The second-order valence-corrected chi connectivity index (χ2v) is 7.27. The first-order valence-corrected chi connectivity index (χ1v) is 10.2. The van der Waals surface area contributed by atoms with Crippen LogP contribution in [0.1, 0.15) is 36.4 Å². The molecular formula is C23H27N3O3. The molecule has 0 unspecified atom stereocenters. The lowest BCUT2D eigenvalue weighted by molar-refractivity contribution is 0.209. The van der Waals surface area contributed by atoms with Gasteiger partial charge in [0.15, 0.2) is 11.5 Å². The fraction of sp³-hybridized carbons (Fsp3) is 0.391. The summed E-state index contributed by atoms with van der Waals surface area (Å²) >= 11 is 0. The summed E-state index contributed by atoms with van der Waals surface area (Å²) in [5, 5.41) is 4.15. The maximum Gasteiger partial charge on any atom is 0.241 e. The molecule has 1 aliphatic rings. The molecule has 1 aliphatic heterocycles. The minimum Gasteiger partial charge on any atom is -0.490 e. The predicted octanol–water partition coefficient (Wildman–Crippen LogP) is 4.40. The quantitative estimate of drug-likeness (QED) is 0.593. The van der Waals surface area contributed by atoms with Crippen LogP contribution < -0.4 is 9.47 Å². The molecule has 0 N–H and O–H groups in total. The molecule has 0 saturated heterocycles. The van der Waals surface area contributed by atoms with Gasteiger partial charge in [-0.2, -0.15) is 4.98 Å². The average molecular weight is 393 g/mol. The Kier molecular flexibility index (Phi) is 5.81. The Morgan fingerprint density at radius 1 is 1.00 bits per heavy atom. The molecule has 2 heterocycles. The third-order valence-electron chi connectivity index (χ3n) is 5.09. The molecule has 0 amide bonds. The molecule has 29 heavy (non-hydrogen) atoms. The van der Waals surface area contributed by atoms with E-state index in [-0.39, 0.29) is 0 Å². The first kappa shape index (κ1) is 19.5. The molecule has 0 spiro atoms. The summed E-state index contributed by atoms with van der Waals surface area (Å²) in [5.74, 6) is 2.92. The lowest BCUT2D eigenvalue weighted by Crippen LogP contribution is -2.30. The van der Waals surface area contributed by atoms with Gasteiger partial charge in [-0.3, -0.25) is 4.90 Å². The summed E-state index contributed by atoms with van der Waals surface area (Å²) in [6.07, 6.45) is 0.959. The summed E-state index contributed by atoms with van der Waals surface area (Å²) in [5.41, 5.74) is 4.77. The van der Waals surface area contributed by atoms with Crippen LogP contribution in [-0.2, 0) is 19.5 Å². The van der Waals surface area contributed by atoms with Gasteiger partial charge in [-0.25, -0.2) is 0 Å². The van der Waals surface area contributed by atoms with Crippen LogP contribution in [-0.4, -0.2) is 34.8 Å². The van der Waals surface area contributed by atoms with Gasteiger partial charge in [0.2, 0.25) is 11.7 Å². The van der Waals surface area contributed by atoms with Crippen LogP contribution in [0, 0.1) is 6.92 Å². The molecule has 6 heteroatoms. The van der Waals surface area contributed by atoms with Crippen LogP contribution in [0.3, 0.4) is 0 Å². The Bertz CT molecular complexity index is 966. The van der Waals surface area contributed by atoms with Crippen molar-refractivity contribution in [1.29, 1.82) is 0 Å². The highest BCUT2D eigenvalue weighted by molar-refractivity contribution is 5.54. The van der Waals surface area contributed by atoms with Gasteiger partial charge < -0.3 is 14.0 Å². The maximum atomic E-state index is 5.79. The van der Waals surface area contributed by atoms with E-state index in [4.69, 9.17) is 14.0 Å². The lowest BCUT2D eigenvalue weighted by Gasteiger charge is -2.28. The van der Waals surface area contributed by atoms with Crippen molar-refractivity contribution in [2.45, 2.75) is 40.3 Å². The van der Waals surface area contributed by atoms with E-state index in [1.165, 1.54) is 16.7 Å². The zero-order valence-electron chi connectivity index (χ0n) is 17.3. The Balaban J connectivity index is 1.47. The number of hydrogen-bond acceptors (Lipinski definition) is 6. The largest absolute Gasteiger partial charge is 0.490 e. The monoisotopic (exact) mass is 393 g/mol. The van der Waals surface area contributed by atoms with Crippen molar-refractivity contribution < 1.29 is 14.0 Å². The number of benzene rings is 2. The summed E-state index contributed by atoms with van der Waals surface area (Å²) in [4.78, 5) is 6.91. The number of rotatable bonds is 7. The minimum absolute atomic E-state index is 0.617. The lowest BCUT2D eigenvalue weighted by atomic mass is 9.99. The third-order valence-corrected chi connectivity index (χ3v) is 5.09. The van der Waals surface area contributed by atoms with E-state index >= 15 is 0 Å². The van der Waals surface area contributed by atoms with Crippen LogP contribution in [0.4, 0.5) is 0 Å². The van der Waals surface area contributed by atoms with Crippen molar-refractivity contribution >= 4 is 0 Å². The maximum absolute atomic E-state index is 5.79. The Morgan fingerprint density at radius 2 is 1.69 bits per heavy atom. The fourth-order valence-corrected chi connectivity index (χ4v) is 3.62. The van der Waals surface area contributed by atoms with Gasteiger partial charge in [-0.1, -0.05) is 35.0 Å².